The molecule has 24 heavy (non-hydrogen) atoms. The summed E-state index contributed by atoms with van der Waals surface area (Å²) in [4.78, 5) is 0. The first-order valence-electron chi connectivity index (χ1n) is 8.26. The molecule has 1 N–H and O–H groups in total. The van der Waals surface area contributed by atoms with E-state index < -0.39 is 0 Å². The van der Waals surface area contributed by atoms with Crippen molar-refractivity contribution in [2.24, 2.45) is 0 Å². The Morgan fingerprint density at radius 3 is 2.62 bits per heavy atom. The molecule has 1 nitrogen and oxygen atoms in total. The van der Waals surface area contributed by atoms with Gasteiger partial charge in [0.15, 0.2) is 0 Å². The van der Waals surface area contributed by atoms with E-state index in [1.54, 1.807) is 0 Å². The minimum atomic E-state index is 0.200. The smallest absolute Gasteiger partial charge is 0.0704 e. The SMILES string of the molecule is C=C(C)c1cc2sc3cc(C)ccc3c2cc1C1C=C(C)C=CN1. The number of fused-ring (bicyclic) bond motifs is 3. The van der Waals surface area contributed by atoms with Gasteiger partial charge in [0, 0.05) is 20.2 Å². The minimum absolute atomic E-state index is 0.200. The van der Waals surface area contributed by atoms with Gasteiger partial charge >= 0.3 is 0 Å². The highest BCUT2D eigenvalue weighted by molar-refractivity contribution is 7.25. The summed E-state index contributed by atoms with van der Waals surface area (Å²) >= 11 is 1.87. The van der Waals surface area contributed by atoms with Crippen LogP contribution in [0.4, 0.5) is 0 Å². The van der Waals surface area contributed by atoms with E-state index in [4.69, 9.17) is 0 Å². The standard InChI is InChI=1S/C22H21NS/c1-13(2)17-12-22-19(16-6-5-14(3)10-21(16)24-22)11-18(17)20-9-15(4)7-8-23-20/h5-12,20,23H,1H2,2-4H3. The van der Waals surface area contributed by atoms with E-state index in [-0.39, 0.29) is 6.04 Å². The maximum atomic E-state index is 4.21. The second-order valence-corrected chi connectivity index (χ2v) is 7.79. The molecule has 0 bridgehead atoms. The van der Waals surface area contributed by atoms with Gasteiger partial charge in [0.1, 0.15) is 0 Å². The van der Waals surface area contributed by atoms with Crippen LogP contribution in [-0.4, -0.2) is 0 Å². The Balaban J connectivity index is 2.00. The van der Waals surface area contributed by atoms with Crippen LogP contribution in [0.15, 0.2) is 60.8 Å². The number of thiophene rings is 1. The van der Waals surface area contributed by atoms with Crippen molar-refractivity contribution in [2.75, 3.05) is 0 Å². The third kappa shape index (κ3) is 2.47. The van der Waals surface area contributed by atoms with Gasteiger partial charge in [-0.2, -0.15) is 0 Å². The zero-order chi connectivity index (χ0) is 16.8. The Bertz CT molecular complexity index is 1030. The second kappa shape index (κ2) is 5.64. The average Bonchev–Trinajstić information content (AvgIpc) is 2.90. The molecule has 0 amide bonds. The molecule has 2 aromatic carbocycles. The number of hydrogen-bond acceptors (Lipinski definition) is 2. The molecule has 120 valence electrons. The molecular formula is C22H21NS. The first kappa shape index (κ1) is 15.2. The number of hydrogen-bond donors (Lipinski definition) is 1. The van der Waals surface area contributed by atoms with E-state index in [1.807, 2.05) is 17.5 Å². The summed E-state index contributed by atoms with van der Waals surface area (Å²) < 4.78 is 2.70. The van der Waals surface area contributed by atoms with E-state index in [0.717, 1.165) is 5.57 Å². The molecule has 1 aliphatic rings. The lowest BCUT2D eigenvalue weighted by atomic mass is 9.92. The van der Waals surface area contributed by atoms with Crippen LogP contribution >= 0.6 is 11.3 Å². The van der Waals surface area contributed by atoms with Gasteiger partial charge in [0.05, 0.1) is 6.04 Å². The Morgan fingerprint density at radius 1 is 1.08 bits per heavy atom. The minimum Gasteiger partial charge on any atom is -0.381 e. The van der Waals surface area contributed by atoms with Crippen LogP contribution in [-0.2, 0) is 0 Å². The molecule has 0 aliphatic carbocycles. The third-order valence-electron chi connectivity index (χ3n) is 4.65. The van der Waals surface area contributed by atoms with Gasteiger partial charge in [-0.05, 0) is 67.9 Å². The van der Waals surface area contributed by atoms with Crippen LogP contribution in [0.25, 0.3) is 25.7 Å². The summed E-state index contributed by atoms with van der Waals surface area (Å²) in [6.45, 7) is 10.6. The molecular weight excluding hydrogens is 310 g/mol. The van der Waals surface area contributed by atoms with Crippen molar-refractivity contribution in [1.82, 2.24) is 5.32 Å². The van der Waals surface area contributed by atoms with E-state index in [0.29, 0.717) is 0 Å². The lowest BCUT2D eigenvalue weighted by molar-refractivity contribution is 0.738. The Labute approximate surface area is 147 Å². The lowest BCUT2D eigenvalue weighted by Gasteiger charge is -2.22. The van der Waals surface area contributed by atoms with Crippen molar-refractivity contribution in [3.05, 3.63) is 77.5 Å². The lowest BCUT2D eigenvalue weighted by Crippen LogP contribution is -2.17. The summed E-state index contributed by atoms with van der Waals surface area (Å²) in [7, 11) is 0. The summed E-state index contributed by atoms with van der Waals surface area (Å²) in [6.07, 6.45) is 6.44. The van der Waals surface area contributed by atoms with Gasteiger partial charge < -0.3 is 5.32 Å². The van der Waals surface area contributed by atoms with Crippen LogP contribution in [0, 0.1) is 6.92 Å². The fraction of sp³-hybridized carbons (Fsp3) is 0.182. The Hall–Kier alpha value is -2.32. The molecule has 1 aliphatic heterocycles. The maximum absolute atomic E-state index is 4.21. The van der Waals surface area contributed by atoms with E-state index in [9.17, 15) is 0 Å². The van der Waals surface area contributed by atoms with Crippen LogP contribution in [0.1, 0.15) is 36.6 Å². The van der Waals surface area contributed by atoms with Crippen molar-refractivity contribution in [1.29, 1.82) is 0 Å². The fourth-order valence-electron chi connectivity index (χ4n) is 3.40. The van der Waals surface area contributed by atoms with Gasteiger partial charge in [-0.3, -0.25) is 0 Å². The van der Waals surface area contributed by atoms with Gasteiger partial charge in [-0.1, -0.05) is 35.9 Å². The quantitative estimate of drug-likeness (QED) is 0.565. The summed E-state index contributed by atoms with van der Waals surface area (Å²) in [5, 5.41) is 6.17. The number of aryl methyl sites for hydroxylation is 1. The number of benzene rings is 2. The van der Waals surface area contributed by atoms with Gasteiger partial charge in [0.2, 0.25) is 0 Å². The number of rotatable bonds is 2. The summed E-state index contributed by atoms with van der Waals surface area (Å²) in [5.41, 5.74) is 6.27. The largest absolute Gasteiger partial charge is 0.381 e. The van der Waals surface area contributed by atoms with E-state index in [2.05, 4.69) is 75.2 Å². The maximum Gasteiger partial charge on any atom is 0.0704 e. The molecule has 1 aromatic heterocycles. The van der Waals surface area contributed by atoms with Crippen molar-refractivity contribution >= 4 is 37.1 Å². The van der Waals surface area contributed by atoms with Crippen LogP contribution in [0.2, 0.25) is 0 Å². The highest BCUT2D eigenvalue weighted by atomic mass is 32.1. The normalized spacial score (nSPS) is 17.1. The zero-order valence-corrected chi connectivity index (χ0v) is 15.1. The highest BCUT2D eigenvalue weighted by Crippen LogP contribution is 2.39. The van der Waals surface area contributed by atoms with Crippen LogP contribution in [0.3, 0.4) is 0 Å². The van der Waals surface area contributed by atoms with Gasteiger partial charge in [-0.25, -0.2) is 0 Å². The van der Waals surface area contributed by atoms with Gasteiger partial charge in [0.25, 0.3) is 0 Å². The third-order valence-corrected chi connectivity index (χ3v) is 5.76. The summed E-state index contributed by atoms with van der Waals surface area (Å²) in [5.74, 6) is 0. The van der Waals surface area contributed by atoms with Crippen LogP contribution < -0.4 is 5.32 Å². The second-order valence-electron chi connectivity index (χ2n) is 6.71. The molecule has 0 fully saturated rings. The van der Waals surface area contributed by atoms with Crippen molar-refractivity contribution in [2.45, 2.75) is 26.8 Å². The predicted octanol–water partition coefficient (Wildman–Crippen LogP) is 6.50. The first-order valence-corrected chi connectivity index (χ1v) is 9.08. The number of allylic oxidation sites excluding steroid dienone is 3. The molecule has 0 saturated carbocycles. The van der Waals surface area contributed by atoms with Crippen molar-refractivity contribution < 1.29 is 0 Å². The molecule has 1 atom stereocenters. The first-order chi connectivity index (χ1) is 11.5. The zero-order valence-electron chi connectivity index (χ0n) is 14.3. The molecule has 0 saturated heterocycles. The van der Waals surface area contributed by atoms with E-state index >= 15 is 0 Å². The average molecular weight is 331 g/mol. The fourth-order valence-corrected chi connectivity index (χ4v) is 4.63. The molecule has 3 aromatic rings. The van der Waals surface area contributed by atoms with Crippen molar-refractivity contribution in [3.8, 4) is 0 Å². The highest BCUT2D eigenvalue weighted by Gasteiger charge is 2.17. The summed E-state index contributed by atoms with van der Waals surface area (Å²) in [6, 6.07) is 11.6. The monoisotopic (exact) mass is 331 g/mol. The molecule has 1 unspecified atom stereocenters. The molecule has 4 rings (SSSR count). The Kier molecular flexibility index (Phi) is 3.58. The van der Waals surface area contributed by atoms with Gasteiger partial charge in [-0.15, -0.1) is 11.3 Å². The molecule has 0 radical (unpaired) electrons. The van der Waals surface area contributed by atoms with Crippen molar-refractivity contribution in [3.63, 3.8) is 0 Å². The molecule has 0 spiro atoms. The van der Waals surface area contributed by atoms with Crippen LogP contribution in [0.5, 0.6) is 0 Å². The molecule has 2 heteroatoms. The molecule has 2 heterocycles. The Morgan fingerprint density at radius 2 is 1.88 bits per heavy atom. The number of nitrogens with one attached hydrogen (secondary N) is 1. The number of dihydropyridines is 1. The van der Waals surface area contributed by atoms with E-state index in [1.165, 1.54) is 42.4 Å². The topological polar surface area (TPSA) is 12.0 Å². The predicted molar refractivity (Wildman–Crippen MR) is 108 cm³/mol.